The molecule has 3 heteroatoms. The second-order valence-corrected chi connectivity index (χ2v) is 4.25. The number of alkyl halides is 1. The van der Waals surface area contributed by atoms with Crippen LogP contribution >= 0.6 is 11.6 Å². The number of fused-ring (bicyclic) bond motifs is 1. The lowest BCUT2D eigenvalue weighted by atomic mass is 9.93. The Morgan fingerprint density at radius 1 is 1.40 bits per heavy atom. The van der Waals surface area contributed by atoms with Crippen LogP contribution in [0.4, 0.5) is 0 Å². The fourth-order valence-corrected chi connectivity index (χ4v) is 2.51. The van der Waals surface area contributed by atoms with Gasteiger partial charge < -0.3 is 5.11 Å². The molecule has 82 valence electrons. The van der Waals surface area contributed by atoms with E-state index >= 15 is 0 Å². The maximum Gasteiger partial charge on any atom is 0.0628 e. The third-order valence-electron chi connectivity index (χ3n) is 3.07. The zero-order valence-electron chi connectivity index (χ0n) is 8.69. The van der Waals surface area contributed by atoms with Crippen LogP contribution in [0.1, 0.15) is 17.2 Å². The summed E-state index contributed by atoms with van der Waals surface area (Å²) in [6.45, 7) is 2.02. The van der Waals surface area contributed by atoms with Gasteiger partial charge in [-0.1, -0.05) is 24.3 Å². The average molecular weight is 226 g/mol. The maximum absolute atomic E-state index is 9.45. The molecule has 1 aliphatic rings. The van der Waals surface area contributed by atoms with Crippen LogP contribution in [0.2, 0.25) is 0 Å². The Morgan fingerprint density at radius 2 is 2.20 bits per heavy atom. The first kappa shape index (κ1) is 10.9. The summed E-state index contributed by atoms with van der Waals surface area (Å²) < 4.78 is 0. The summed E-state index contributed by atoms with van der Waals surface area (Å²) in [6, 6.07) is 8.48. The molecule has 0 saturated heterocycles. The van der Waals surface area contributed by atoms with Gasteiger partial charge in [0, 0.05) is 19.0 Å². The molecule has 0 aliphatic carbocycles. The van der Waals surface area contributed by atoms with Gasteiger partial charge in [0.2, 0.25) is 0 Å². The lowest BCUT2D eigenvalue weighted by Crippen LogP contribution is -2.38. The zero-order chi connectivity index (χ0) is 10.7. The van der Waals surface area contributed by atoms with E-state index in [9.17, 15) is 5.11 Å². The molecule has 2 nitrogen and oxygen atoms in total. The van der Waals surface area contributed by atoms with E-state index in [2.05, 4.69) is 23.1 Å². The summed E-state index contributed by atoms with van der Waals surface area (Å²) in [6.07, 6.45) is 1.06. The minimum atomic E-state index is 0.133. The van der Waals surface area contributed by atoms with Gasteiger partial charge in [-0.05, 0) is 17.5 Å². The molecule has 1 aliphatic heterocycles. The van der Waals surface area contributed by atoms with Crippen molar-refractivity contribution in [2.75, 3.05) is 25.6 Å². The Hall–Kier alpha value is -0.570. The molecule has 0 bridgehead atoms. The topological polar surface area (TPSA) is 23.5 Å². The van der Waals surface area contributed by atoms with Crippen molar-refractivity contribution in [1.29, 1.82) is 0 Å². The van der Waals surface area contributed by atoms with Crippen LogP contribution in [-0.4, -0.2) is 35.6 Å². The minimum absolute atomic E-state index is 0.133. The Bertz CT molecular complexity index is 329. The van der Waals surface area contributed by atoms with E-state index in [0.717, 1.165) is 19.5 Å². The van der Waals surface area contributed by atoms with Gasteiger partial charge in [0.05, 0.1) is 12.6 Å². The summed E-state index contributed by atoms with van der Waals surface area (Å²) in [4.78, 5) is 2.26. The van der Waals surface area contributed by atoms with Gasteiger partial charge in [-0.2, -0.15) is 0 Å². The molecule has 1 unspecified atom stereocenters. The first-order chi connectivity index (χ1) is 7.36. The van der Waals surface area contributed by atoms with Crippen molar-refractivity contribution >= 4 is 11.6 Å². The molecule has 0 fully saturated rings. The van der Waals surface area contributed by atoms with Crippen LogP contribution in [0.5, 0.6) is 0 Å². The van der Waals surface area contributed by atoms with Crippen molar-refractivity contribution < 1.29 is 5.11 Å². The second kappa shape index (κ2) is 4.97. The molecular weight excluding hydrogens is 210 g/mol. The summed E-state index contributed by atoms with van der Waals surface area (Å²) in [7, 11) is 0. The SMILES string of the molecule is OCC1c2ccccc2CCN1CCCl. The summed E-state index contributed by atoms with van der Waals surface area (Å²) in [5, 5.41) is 9.45. The molecule has 0 aromatic heterocycles. The molecule has 2 rings (SSSR count). The van der Waals surface area contributed by atoms with Gasteiger partial charge in [-0.25, -0.2) is 0 Å². The Balaban J connectivity index is 2.26. The predicted octanol–water partition coefficient (Wildman–Crippen LogP) is 1.82. The highest BCUT2D eigenvalue weighted by Crippen LogP contribution is 2.28. The number of benzene rings is 1. The number of aliphatic hydroxyl groups is 1. The number of aliphatic hydroxyl groups excluding tert-OH is 1. The van der Waals surface area contributed by atoms with Gasteiger partial charge in [0.1, 0.15) is 0 Å². The largest absolute Gasteiger partial charge is 0.394 e. The van der Waals surface area contributed by atoms with Crippen molar-refractivity contribution in [3.8, 4) is 0 Å². The first-order valence-electron chi connectivity index (χ1n) is 5.35. The molecular formula is C12H16ClNO. The van der Waals surface area contributed by atoms with Crippen LogP contribution in [0, 0.1) is 0 Å². The van der Waals surface area contributed by atoms with Crippen molar-refractivity contribution in [3.63, 3.8) is 0 Å². The highest BCUT2D eigenvalue weighted by Gasteiger charge is 2.25. The van der Waals surface area contributed by atoms with Gasteiger partial charge >= 0.3 is 0 Å². The number of halogens is 1. The van der Waals surface area contributed by atoms with E-state index in [0.29, 0.717) is 5.88 Å². The van der Waals surface area contributed by atoms with Crippen LogP contribution in [-0.2, 0) is 6.42 Å². The molecule has 1 N–H and O–H groups in total. The smallest absolute Gasteiger partial charge is 0.0628 e. The van der Waals surface area contributed by atoms with E-state index in [-0.39, 0.29) is 12.6 Å². The first-order valence-corrected chi connectivity index (χ1v) is 5.89. The van der Waals surface area contributed by atoms with E-state index < -0.39 is 0 Å². The minimum Gasteiger partial charge on any atom is -0.394 e. The van der Waals surface area contributed by atoms with E-state index in [1.807, 2.05) is 6.07 Å². The molecule has 0 amide bonds. The number of hydrogen-bond acceptors (Lipinski definition) is 2. The summed E-state index contributed by atoms with van der Waals surface area (Å²) in [5.74, 6) is 0.624. The highest BCUT2D eigenvalue weighted by atomic mass is 35.5. The van der Waals surface area contributed by atoms with Crippen LogP contribution < -0.4 is 0 Å². The molecule has 15 heavy (non-hydrogen) atoms. The molecule has 1 heterocycles. The third kappa shape index (κ3) is 2.17. The van der Waals surface area contributed by atoms with Crippen molar-refractivity contribution in [2.45, 2.75) is 12.5 Å². The Kier molecular flexibility index (Phi) is 3.62. The second-order valence-electron chi connectivity index (χ2n) is 3.87. The van der Waals surface area contributed by atoms with E-state index in [1.165, 1.54) is 11.1 Å². The lowest BCUT2D eigenvalue weighted by molar-refractivity contribution is 0.120. The van der Waals surface area contributed by atoms with Crippen LogP contribution in [0.15, 0.2) is 24.3 Å². The third-order valence-corrected chi connectivity index (χ3v) is 3.24. The predicted molar refractivity (Wildman–Crippen MR) is 62.3 cm³/mol. The normalized spacial score (nSPS) is 21.3. The Morgan fingerprint density at radius 3 is 2.93 bits per heavy atom. The highest BCUT2D eigenvalue weighted by molar-refractivity contribution is 6.18. The average Bonchev–Trinajstić information content (AvgIpc) is 2.29. The number of nitrogens with zero attached hydrogens (tertiary/aromatic N) is 1. The van der Waals surface area contributed by atoms with Crippen molar-refractivity contribution in [1.82, 2.24) is 4.90 Å². The monoisotopic (exact) mass is 225 g/mol. The van der Waals surface area contributed by atoms with Gasteiger partial charge in [0.15, 0.2) is 0 Å². The molecule has 0 saturated carbocycles. The number of rotatable bonds is 3. The Labute approximate surface area is 95.5 Å². The number of hydrogen-bond donors (Lipinski definition) is 1. The fraction of sp³-hybridized carbons (Fsp3) is 0.500. The van der Waals surface area contributed by atoms with Crippen LogP contribution in [0.3, 0.4) is 0 Å². The molecule has 1 aromatic carbocycles. The van der Waals surface area contributed by atoms with Crippen LogP contribution in [0.25, 0.3) is 0 Å². The van der Waals surface area contributed by atoms with E-state index in [4.69, 9.17) is 11.6 Å². The standard InChI is InChI=1S/C12H16ClNO/c13-6-8-14-7-5-10-3-1-2-4-11(10)12(14)9-15/h1-4,12,15H,5-9H2. The molecule has 0 radical (unpaired) electrons. The fourth-order valence-electron chi connectivity index (χ4n) is 2.29. The van der Waals surface area contributed by atoms with Crippen molar-refractivity contribution in [3.05, 3.63) is 35.4 Å². The summed E-state index contributed by atoms with van der Waals surface area (Å²) >= 11 is 5.76. The maximum atomic E-state index is 9.45. The zero-order valence-corrected chi connectivity index (χ0v) is 9.45. The molecule has 0 spiro atoms. The quantitative estimate of drug-likeness (QED) is 0.794. The van der Waals surface area contributed by atoms with E-state index in [1.54, 1.807) is 0 Å². The molecule has 1 aromatic rings. The van der Waals surface area contributed by atoms with Gasteiger partial charge in [-0.15, -0.1) is 11.6 Å². The molecule has 1 atom stereocenters. The van der Waals surface area contributed by atoms with Gasteiger partial charge in [0.25, 0.3) is 0 Å². The van der Waals surface area contributed by atoms with Gasteiger partial charge in [-0.3, -0.25) is 4.90 Å². The lowest BCUT2D eigenvalue weighted by Gasteiger charge is -2.35. The van der Waals surface area contributed by atoms with Crippen molar-refractivity contribution in [2.24, 2.45) is 0 Å². The summed E-state index contributed by atoms with van der Waals surface area (Å²) in [5.41, 5.74) is 2.62.